The molecule has 78 heavy (non-hydrogen) atoms. The summed E-state index contributed by atoms with van der Waals surface area (Å²) in [7, 11) is 0. The number of benzene rings is 10. The molecule has 0 radical (unpaired) electrons. The van der Waals surface area contributed by atoms with Gasteiger partial charge in [-0.05, 0) is 120 Å². The van der Waals surface area contributed by atoms with Crippen LogP contribution in [0.3, 0.4) is 0 Å². The van der Waals surface area contributed by atoms with Crippen molar-refractivity contribution >= 4 is 0 Å². The molecule has 0 aliphatic rings. The molecule has 3 aromatic heterocycles. The van der Waals surface area contributed by atoms with Gasteiger partial charge in [0.05, 0.1) is 17.1 Å². The zero-order valence-electron chi connectivity index (χ0n) is 42.8. The summed E-state index contributed by atoms with van der Waals surface area (Å²) in [6.45, 7) is 0. The summed E-state index contributed by atoms with van der Waals surface area (Å²) in [5, 5.41) is 0. The van der Waals surface area contributed by atoms with Crippen LogP contribution in [0, 0.1) is 0 Å². The summed E-state index contributed by atoms with van der Waals surface area (Å²) in [5.41, 5.74) is 25.7. The monoisotopic (exact) mass is 993 g/mol. The fourth-order valence-electron chi connectivity index (χ4n) is 10.9. The van der Waals surface area contributed by atoms with Gasteiger partial charge in [0.15, 0.2) is 0 Å². The number of nitrogens with zero attached hydrogens (tertiary/aromatic N) is 3. The van der Waals surface area contributed by atoms with E-state index in [-0.39, 0.29) is 0 Å². The van der Waals surface area contributed by atoms with Gasteiger partial charge in [0, 0.05) is 52.0 Å². The van der Waals surface area contributed by atoms with Crippen molar-refractivity contribution in [3.05, 3.63) is 310 Å². The van der Waals surface area contributed by atoms with E-state index in [1.165, 1.54) is 0 Å². The third-order valence-corrected chi connectivity index (χ3v) is 14.7. The van der Waals surface area contributed by atoms with Crippen LogP contribution < -0.4 is 0 Å². The second-order valence-electron chi connectivity index (χ2n) is 19.5. The fraction of sp³-hybridized carbons (Fsp3) is 0. The molecule has 0 amide bonds. The summed E-state index contributed by atoms with van der Waals surface area (Å²) in [4.78, 5) is 15.5. The topological polar surface area (TPSA) is 38.7 Å². The molecule has 0 fully saturated rings. The molecule has 0 saturated carbocycles. The molecule has 0 aliphatic carbocycles. The number of rotatable bonds is 12. The molecule has 3 nitrogen and oxygen atoms in total. The van der Waals surface area contributed by atoms with Crippen LogP contribution in [-0.4, -0.2) is 15.0 Å². The number of hydrogen-bond acceptors (Lipinski definition) is 3. The molecule has 0 atom stereocenters. The summed E-state index contributed by atoms with van der Waals surface area (Å²) in [5.74, 6) is 0. The Morgan fingerprint density at radius 3 is 0.590 bits per heavy atom. The lowest BCUT2D eigenvalue weighted by atomic mass is 9.84. The predicted octanol–water partition coefficient (Wildman–Crippen LogP) is 19.9. The van der Waals surface area contributed by atoms with Crippen LogP contribution >= 0.6 is 0 Å². The summed E-state index contributed by atoms with van der Waals surface area (Å²) >= 11 is 0. The average Bonchev–Trinajstić information content (AvgIpc) is 3.57. The van der Waals surface area contributed by atoms with Crippen molar-refractivity contribution in [2.75, 3.05) is 0 Å². The van der Waals surface area contributed by atoms with Gasteiger partial charge >= 0.3 is 0 Å². The van der Waals surface area contributed by atoms with Gasteiger partial charge in [0.1, 0.15) is 0 Å². The van der Waals surface area contributed by atoms with E-state index in [2.05, 4.69) is 292 Å². The van der Waals surface area contributed by atoms with E-state index in [4.69, 9.17) is 15.0 Å². The maximum absolute atomic E-state index is 5.17. The van der Waals surface area contributed by atoms with Crippen LogP contribution in [0.15, 0.2) is 310 Å². The van der Waals surface area contributed by atoms with Crippen molar-refractivity contribution in [1.82, 2.24) is 15.0 Å². The van der Waals surface area contributed by atoms with E-state index in [1.54, 1.807) is 0 Å². The first-order valence-corrected chi connectivity index (χ1v) is 26.5. The van der Waals surface area contributed by atoms with E-state index in [1.807, 2.05) is 18.2 Å². The Kier molecular flexibility index (Phi) is 13.0. The van der Waals surface area contributed by atoms with Crippen LogP contribution in [0.5, 0.6) is 0 Å². The Hall–Kier alpha value is -10.4. The van der Waals surface area contributed by atoms with Crippen LogP contribution in [0.2, 0.25) is 0 Å². The molecule has 0 saturated heterocycles. The first-order chi connectivity index (χ1) is 38.7. The molecule has 3 heteroatoms. The highest BCUT2D eigenvalue weighted by Gasteiger charge is 2.22. The van der Waals surface area contributed by atoms with Gasteiger partial charge in [0.25, 0.3) is 0 Å². The highest BCUT2D eigenvalue weighted by molar-refractivity contribution is 5.99. The quantitative estimate of drug-likeness (QED) is 0.122. The van der Waals surface area contributed by atoms with Crippen LogP contribution in [-0.2, 0) is 0 Å². The molecule has 13 rings (SSSR count). The highest BCUT2D eigenvalue weighted by Crippen LogP contribution is 2.47. The summed E-state index contributed by atoms with van der Waals surface area (Å²) in [6, 6.07) is 104. The zero-order valence-corrected chi connectivity index (χ0v) is 42.8. The van der Waals surface area contributed by atoms with Crippen molar-refractivity contribution in [1.29, 1.82) is 0 Å². The zero-order chi connectivity index (χ0) is 52.0. The van der Waals surface area contributed by atoms with Crippen LogP contribution in [0.4, 0.5) is 0 Å². The van der Waals surface area contributed by atoms with E-state index >= 15 is 0 Å². The minimum absolute atomic E-state index is 0.926. The molecule has 0 N–H and O–H groups in total. The largest absolute Gasteiger partial charge is 0.256 e. The number of pyridine rings is 3. The Morgan fingerprint density at radius 2 is 0.346 bits per heavy atom. The van der Waals surface area contributed by atoms with E-state index < -0.39 is 0 Å². The van der Waals surface area contributed by atoms with E-state index in [9.17, 15) is 0 Å². The molecule has 10 aromatic carbocycles. The van der Waals surface area contributed by atoms with Gasteiger partial charge in [0.2, 0.25) is 0 Å². The van der Waals surface area contributed by atoms with Crippen molar-refractivity contribution in [3.8, 4) is 134 Å². The lowest BCUT2D eigenvalue weighted by Crippen LogP contribution is -1.96. The summed E-state index contributed by atoms with van der Waals surface area (Å²) < 4.78 is 0. The average molecular weight is 994 g/mol. The minimum Gasteiger partial charge on any atom is -0.256 e. The smallest absolute Gasteiger partial charge is 0.0708 e. The van der Waals surface area contributed by atoms with Gasteiger partial charge < -0.3 is 0 Å². The molecule has 0 spiro atoms. The highest BCUT2D eigenvalue weighted by atomic mass is 14.7. The SMILES string of the molecule is c1ccc(-c2cc(-c3ccccc3)c(-c3ccccc3-c3cc(-c4ccccc4-c4cnc(-c5ccccc5)cc4-c4ccccc4)cc(-c4ccccc4-c4cnc(-c5ccccc5)cc4-c4ccccc4)c3)cn2)cc1. The fourth-order valence-corrected chi connectivity index (χ4v) is 10.9. The van der Waals surface area contributed by atoms with Crippen LogP contribution in [0.25, 0.3) is 134 Å². The molecule has 13 aromatic rings. The maximum Gasteiger partial charge on any atom is 0.0708 e. The standard InChI is InChI=1S/C75H51N3/c1-7-25-52(26-8-1)67-46-73(55-31-13-4-14-32-55)76-49-70(67)64-40-22-19-37-61(64)58-43-59(62-38-20-23-41-65(62)71-50-77-74(56-33-15-5-16-34-56)47-68(71)53-27-9-2-10-28-53)45-60(44-58)63-39-21-24-42-66(63)72-51-78-75(57-35-17-6-18-36-57)48-69(72)54-29-11-3-12-30-54/h1-51H. The first kappa shape index (κ1) is 47.4. The third kappa shape index (κ3) is 9.53. The Balaban J connectivity index is 1.05. The van der Waals surface area contributed by atoms with Gasteiger partial charge in [-0.25, -0.2) is 0 Å². The Labute approximate surface area is 456 Å². The molecule has 0 bridgehead atoms. The van der Waals surface area contributed by atoms with Crippen LogP contribution in [0.1, 0.15) is 0 Å². The van der Waals surface area contributed by atoms with E-state index in [0.29, 0.717) is 0 Å². The van der Waals surface area contributed by atoms with Gasteiger partial charge in [-0.15, -0.1) is 0 Å². The molecular formula is C75H51N3. The van der Waals surface area contributed by atoms with Crippen molar-refractivity contribution in [3.63, 3.8) is 0 Å². The van der Waals surface area contributed by atoms with Gasteiger partial charge in [-0.3, -0.25) is 15.0 Å². The lowest BCUT2D eigenvalue weighted by Gasteiger charge is -2.20. The molecular weight excluding hydrogens is 943 g/mol. The second-order valence-corrected chi connectivity index (χ2v) is 19.5. The summed E-state index contributed by atoms with van der Waals surface area (Å²) in [6.07, 6.45) is 6.19. The number of hydrogen-bond donors (Lipinski definition) is 0. The Morgan fingerprint density at radius 1 is 0.141 bits per heavy atom. The van der Waals surface area contributed by atoms with Gasteiger partial charge in [-0.1, -0.05) is 255 Å². The second kappa shape index (κ2) is 21.5. The third-order valence-electron chi connectivity index (χ3n) is 14.7. The lowest BCUT2D eigenvalue weighted by molar-refractivity contribution is 1.32. The first-order valence-electron chi connectivity index (χ1n) is 26.5. The predicted molar refractivity (Wildman–Crippen MR) is 325 cm³/mol. The van der Waals surface area contributed by atoms with E-state index in [0.717, 1.165) is 134 Å². The minimum atomic E-state index is 0.926. The van der Waals surface area contributed by atoms with Crippen molar-refractivity contribution in [2.45, 2.75) is 0 Å². The molecule has 3 heterocycles. The number of aromatic nitrogens is 3. The van der Waals surface area contributed by atoms with Gasteiger partial charge in [-0.2, -0.15) is 0 Å². The maximum atomic E-state index is 5.17. The molecule has 0 aliphatic heterocycles. The van der Waals surface area contributed by atoms with Crippen molar-refractivity contribution < 1.29 is 0 Å². The normalized spacial score (nSPS) is 11.1. The van der Waals surface area contributed by atoms with Crippen molar-refractivity contribution in [2.24, 2.45) is 0 Å². The molecule has 0 unspecified atom stereocenters. The molecule has 366 valence electrons. The Bertz CT molecular complexity index is 3770.